The summed E-state index contributed by atoms with van der Waals surface area (Å²) in [6.07, 6.45) is -2.96. The molecule has 5 nitrogen and oxygen atoms in total. The summed E-state index contributed by atoms with van der Waals surface area (Å²) < 4.78 is 42.5. The van der Waals surface area contributed by atoms with E-state index in [0.717, 1.165) is 4.88 Å². The lowest BCUT2D eigenvalue weighted by molar-refractivity contribution is -0.274. The Kier molecular flexibility index (Phi) is 6.35. The number of aromatic nitrogens is 1. The number of halogens is 3. The highest BCUT2D eigenvalue weighted by Gasteiger charge is 2.31. The minimum absolute atomic E-state index is 0.00504. The standard InChI is InChI=1S/C18H22F3N3O2S/c1-11(2)24(12(3)4)16(25)22-17-23(10-13(5)27-17)14-6-8-15(9-7-14)26-18(19,20)21/h6-12H,1-5H3. The molecule has 1 aromatic heterocycles. The van der Waals surface area contributed by atoms with Crippen LogP contribution in [0.1, 0.15) is 32.6 Å². The summed E-state index contributed by atoms with van der Waals surface area (Å²) in [7, 11) is 0. The minimum atomic E-state index is -4.74. The van der Waals surface area contributed by atoms with Gasteiger partial charge in [0, 0.05) is 28.8 Å². The van der Waals surface area contributed by atoms with Gasteiger partial charge in [-0.15, -0.1) is 24.5 Å². The van der Waals surface area contributed by atoms with E-state index in [0.29, 0.717) is 10.5 Å². The Morgan fingerprint density at radius 2 is 1.70 bits per heavy atom. The van der Waals surface area contributed by atoms with Crippen molar-refractivity contribution in [1.29, 1.82) is 0 Å². The number of benzene rings is 1. The maximum absolute atomic E-state index is 12.6. The van der Waals surface area contributed by atoms with Crippen LogP contribution < -0.4 is 9.54 Å². The molecule has 0 aliphatic rings. The van der Waals surface area contributed by atoms with E-state index in [-0.39, 0.29) is 23.9 Å². The van der Waals surface area contributed by atoms with Crippen LogP contribution in [0.5, 0.6) is 5.75 Å². The van der Waals surface area contributed by atoms with Crippen molar-refractivity contribution >= 4 is 17.4 Å². The maximum atomic E-state index is 12.6. The first kappa shape index (κ1) is 21.0. The van der Waals surface area contributed by atoms with Crippen LogP contribution >= 0.6 is 11.3 Å². The molecular formula is C18H22F3N3O2S. The molecule has 2 rings (SSSR count). The molecule has 0 spiro atoms. The smallest absolute Gasteiger partial charge is 0.406 e. The Bertz CT molecular complexity index is 844. The largest absolute Gasteiger partial charge is 0.573 e. The second-order valence-electron chi connectivity index (χ2n) is 6.53. The van der Waals surface area contributed by atoms with Crippen molar-refractivity contribution in [2.24, 2.45) is 4.99 Å². The predicted octanol–water partition coefficient (Wildman–Crippen LogP) is 4.89. The predicted molar refractivity (Wildman–Crippen MR) is 98.1 cm³/mol. The Balaban J connectivity index is 2.39. The first-order chi connectivity index (χ1) is 12.5. The molecule has 0 saturated carbocycles. The normalized spacial score (nSPS) is 12.7. The first-order valence-corrected chi connectivity index (χ1v) is 9.22. The van der Waals surface area contributed by atoms with Crippen molar-refractivity contribution in [3.63, 3.8) is 0 Å². The lowest BCUT2D eigenvalue weighted by Crippen LogP contribution is -2.41. The molecule has 0 unspecified atom stereocenters. The number of carbonyl (C=O) groups excluding carboxylic acids is 1. The van der Waals surface area contributed by atoms with Crippen LogP contribution in [0.2, 0.25) is 0 Å². The van der Waals surface area contributed by atoms with Gasteiger partial charge in [-0.1, -0.05) is 0 Å². The number of hydrogen-bond acceptors (Lipinski definition) is 3. The van der Waals surface area contributed by atoms with Crippen LogP contribution in [-0.2, 0) is 0 Å². The number of hydrogen-bond donors (Lipinski definition) is 0. The summed E-state index contributed by atoms with van der Waals surface area (Å²) in [6.45, 7) is 9.54. The fraction of sp³-hybridized carbons (Fsp3) is 0.444. The van der Waals surface area contributed by atoms with Crippen LogP contribution in [0, 0.1) is 6.92 Å². The van der Waals surface area contributed by atoms with Crippen LogP contribution in [0.25, 0.3) is 5.69 Å². The lowest BCUT2D eigenvalue weighted by atomic mass is 10.2. The highest BCUT2D eigenvalue weighted by Crippen LogP contribution is 2.23. The molecule has 9 heteroatoms. The van der Waals surface area contributed by atoms with E-state index in [2.05, 4.69) is 9.73 Å². The third-order valence-corrected chi connectivity index (χ3v) is 4.54. The van der Waals surface area contributed by atoms with Gasteiger partial charge in [-0.05, 0) is 58.9 Å². The fourth-order valence-corrected chi connectivity index (χ4v) is 3.53. The van der Waals surface area contributed by atoms with Gasteiger partial charge in [0.15, 0.2) is 4.80 Å². The molecule has 0 fully saturated rings. The maximum Gasteiger partial charge on any atom is 0.573 e. The summed E-state index contributed by atoms with van der Waals surface area (Å²) in [6, 6.07) is 5.06. The first-order valence-electron chi connectivity index (χ1n) is 8.40. The van der Waals surface area contributed by atoms with Gasteiger partial charge in [-0.3, -0.25) is 4.57 Å². The number of aryl methyl sites for hydroxylation is 1. The Labute approximate surface area is 159 Å². The number of thiazole rings is 1. The SMILES string of the molecule is Cc1cn(-c2ccc(OC(F)(F)F)cc2)c(=NC(=O)N(C(C)C)C(C)C)s1. The Morgan fingerprint density at radius 1 is 1.15 bits per heavy atom. The van der Waals surface area contributed by atoms with E-state index in [9.17, 15) is 18.0 Å². The molecule has 148 valence electrons. The van der Waals surface area contributed by atoms with E-state index in [1.54, 1.807) is 15.7 Å². The van der Waals surface area contributed by atoms with E-state index in [1.165, 1.54) is 35.6 Å². The number of carbonyl (C=O) groups is 1. The molecule has 0 aliphatic carbocycles. The van der Waals surface area contributed by atoms with Crippen LogP contribution in [0.15, 0.2) is 35.5 Å². The van der Waals surface area contributed by atoms with Crippen LogP contribution in [-0.4, -0.2) is 33.9 Å². The van der Waals surface area contributed by atoms with Crippen LogP contribution in [0.3, 0.4) is 0 Å². The number of nitrogens with zero attached hydrogens (tertiary/aromatic N) is 3. The second-order valence-corrected chi connectivity index (χ2v) is 7.74. The highest BCUT2D eigenvalue weighted by atomic mass is 32.1. The van der Waals surface area contributed by atoms with Crippen LogP contribution in [0.4, 0.5) is 18.0 Å². The zero-order chi connectivity index (χ0) is 20.4. The third kappa shape index (κ3) is 5.59. The molecule has 0 radical (unpaired) electrons. The van der Waals surface area contributed by atoms with Gasteiger partial charge < -0.3 is 9.64 Å². The van der Waals surface area contributed by atoms with Gasteiger partial charge in [0.1, 0.15) is 5.75 Å². The molecular weight excluding hydrogens is 379 g/mol. The number of alkyl halides is 3. The molecule has 2 aromatic rings. The topological polar surface area (TPSA) is 46.8 Å². The lowest BCUT2D eigenvalue weighted by Gasteiger charge is -2.28. The quantitative estimate of drug-likeness (QED) is 0.733. The average molecular weight is 401 g/mol. The van der Waals surface area contributed by atoms with Crippen molar-refractivity contribution in [2.75, 3.05) is 0 Å². The molecule has 2 amide bonds. The van der Waals surface area contributed by atoms with Gasteiger partial charge in [0.05, 0.1) is 0 Å². The summed E-state index contributed by atoms with van der Waals surface area (Å²) in [5.41, 5.74) is 0.584. The minimum Gasteiger partial charge on any atom is -0.406 e. The van der Waals surface area contributed by atoms with Crippen molar-refractivity contribution in [2.45, 2.75) is 53.1 Å². The molecule has 0 atom stereocenters. The summed E-state index contributed by atoms with van der Waals surface area (Å²) in [4.78, 5) is 19.9. The third-order valence-electron chi connectivity index (χ3n) is 3.64. The zero-order valence-corrected chi connectivity index (χ0v) is 16.6. The zero-order valence-electron chi connectivity index (χ0n) is 15.7. The number of urea groups is 1. The van der Waals surface area contributed by atoms with Crippen molar-refractivity contribution < 1.29 is 22.7 Å². The second kappa shape index (κ2) is 8.16. The molecule has 0 aliphatic heterocycles. The van der Waals surface area contributed by atoms with Gasteiger partial charge in [-0.2, -0.15) is 4.99 Å². The molecule has 1 aromatic carbocycles. The number of ether oxygens (including phenoxy) is 1. The van der Waals surface area contributed by atoms with Crippen molar-refractivity contribution in [3.8, 4) is 11.4 Å². The van der Waals surface area contributed by atoms with Gasteiger partial charge in [0.25, 0.3) is 0 Å². The van der Waals surface area contributed by atoms with E-state index >= 15 is 0 Å². The van der Waals surface area contributed by atoms with E-state index < -0.39 is 6.36 Å². The van der Waals surface area contributed by atoms with E-state index in [4.69, 9.17) is 0 Å². The molecule has 1 heterocycles. The summed E-state index contributed by atoms with van der Waals surface area (Å²) in [5.74, 6) is -0.306. The van der Waals surface area contributed by atoms with Gasteiger partial charge in [-0.25, -0.2) is 4.79 Å². The monoisotopic (exact) mass is 401 g/mol. The summed E-state index contributed by atoms with van der Waals surface area (Å²) in [5, 5.41) is 0. The average Bonchev–Trinajstić information content (AvgIpc) is 2.86. The van der Waals surface area contributed by atoms with Gasteiger partial charge in [0.2, 0.25) is 0 Å². The molecule has 0 bridgehead atoms. The van der Waals surface area contributed by atoms with Crippen molar-refractivity contribution in [1.82, 2.24) is 9.47 Å². The Morgan fingerprint density at radius 3 is 2.19 bits per heavy atom. The molecule has 0 N–H and O–H groups in total. The number of amides is 2. The Hall–Kier alpha value is -2.29. The summed E-state index contributed by atoms with van der Waals surface area (Å²) >= 11 is 1.33. The molecule has 27 heavy (non-hydrogen) atoms. The fourth-order valence-electron chi connectivity index (χ4n) is 2.70. The number of rotatable bonds is 4. The van der Waals surface area contributed by atoms with E-state index in [1.807, 2.05) is 34.6 Å². The highest BCUT2D eigenvalue weighted by molar-refractivity contribution is 7.09. The molecule has 0 saturated heterocycles. The van der Waals surface area contributed by atoms with Crippen molar-refractivity contribution in [3.05, 3.63) is 40.1 Å². The van der Waals surface area contributed by atoms with Gasteiger partial charge >= 0.3 is 12.4 Å².